The number of alkyl halides is 3. The van der Waals surface area contributed by atoms with Crippen LogP contribution >= 0.6 is 0 Å². The Hall–Kier alpha value is -3.03. The number of urea groups is 1. The highest BCUT2D eigenvalue weighted by molar-refractivity contribution is 5.94. The van der Waals surface area contributed by atoms with Crippen molar-refractivity contribution in [3.8, 4) is 0 Å². The summed E-state index contributed by atoms with van der Waals surface area (Å²) in [5, 5.41) is 5.58. The summed E-state index contributed by atoms with van der Waals surface area (Å²) in [5.74, 6) is -0.509. The van der Waals surface area contributed by atoms with Crippen LogP contribution in [0.4, 0.5) is 18.0 Å². The van der Waals surface area contributed by atoms with E-state index in [2.05, 4.69) is 10.6 Å². The predicted octanol–water partition coefficient (Wildman–Crippen LogP) is 4.72. The maximum Gasteiger partial charge on any atom is 0.416 e. The van der Waals surface area contributed by atoms with E-state index < -0.39 is 17.6 Å². The van der Waals surface area contributed by atoms with Gasteiger partial charge >= 0.3 is 12.2 Å². The topological polar surface area (TPSA) is 61.4 Å². The van der Waals surface area contributed by atoms with E-state index in [4.69, 9.17) is 0 Å². The number of hydrogen-bond donors (Lipinski definition) is 2. The second-order valence-electron chi connectivity index (χ2n) is 7.61. The number of hydrogen-bond acceptors (Lipinski definition) is 2. The molecule has 1 aliphatic heterocycles. The summed E-state index contributed by atoms with van der Waals surface area (Å²) in [6.45, 7) is 2.25. The summed E-state index contributed by atoms with van der Waals surface area (Å²) in [5.41, 5.74) is 1.54. The van der Waals surface area contributed by atoms with Crippen molar-refractivity contribution in [3.05, 3.63) is 70.8 Å². The van der Waals surface area contributed by atoms with E-state index in [-0.39, 0.29) is 11.6 Å². The summed E-state index contributed by atoms with van der Waals surface area (Å²) in [7, 11) is 0. The van der Waals surface area contributed by atoms with Crippen LogP contribution in [-0.4, -0.2) is 29.9 Å². The van der Waals surface area contributed by atoms with Gasteiger partial charge in [0.15, 0.2) is 0 Å². The molecule has 3 rings (SSSR count). The van der Waals surface area contributed by atoms with Crippen molar-refractivity contribution in [2.75, 3.05) is 13.1 Å². The lowest BCUT2D eigenvalue weighted by atomic mass is 10.1. The maximum absolute atomic E-state index is 12.7. The third-order valence-electron chi connectivity index (χ3n) is 5.25. The van der Waals surface area contributed by atoms with Crippen molar-refractivity contribution < 1.29 is 22.8 Å². The molecule has 3 amide bonds. The molecule has 0 atom stereocenters. The molecule has 0 saturated heterocycles. The largest absolute Gasteiger partial charge is 0.416 e. The van der Waals surface area contributed by atoms with Crippen LogP contribution in [0.25, 0.3) is 0 Å². The summed E-state index contributed by atoms with van der Waals surface area (Å²) < 4.78 is 38.2. The number of halogens is 3. The Morgan fingerprint density at radius 3 is 2.06 bits per heavy atom. The van der Waals surface area contributed by atoms with Crippen LogP contribution in [0, 0.1) is 0 Å². The first-order chi connectivity index (χ1) is 14.8. The predicted molar refractivity (Wildman–Crippen MR) is 111 cm³/mol. The van der Waals surface area contributed by atoms with Crippen molar-refractivity contribution in [2.24, 2.45) is 0 Å². The van der Waals surface area contributed by atoms with Crippen molar-refractivity contribution in [2.45, 2.75) is 44.9 Å². The molecule has 31 heavy (non-hydrogen) atoms. The number of nitrogens with zero attached hydrogens (tertiary/aromatic N) is 1. The zero-order chi connectivity index (χ0) is 22.3. The van der Waals surface area contributed by atoms with Crippen molar-refractivity contribution in [1.82, 2.24) is 15.5 Å². The van der Waals surface area contributed by atoms with E-state index >= 15 is 0 Å². The zero-order valence-corrected chi connectivity index (χ0v) is 17.2. The molecular formula is C23H26F3N3O2. The molecule has 0 spiro atoms. The van der Waals surface area contributed by atoms with Gasteiger partial charge in [0, 0.05) is 31.7 Å². The normalized spacial score (nSPS) is 13.1. The summed E-state index contributed by atoms with van der Waals surface area (Å²) >= 11 is 0. The first-order valence-electron chi connectivity index (χ1n) is 10.4. The smallest absolute Gasteiger partial charge is 0.352 e. The van der Waals surface area contributed by atoms with E-state index in [1.54, 1.807) is 4.90 Å². The van der Waals surface area contributed by atoms with Gasteiger partial charge in [0.25, 0.3) is 5.91 Å². The minimum Gasteiger partial charge on any atom is -0.352 e. The molecule has 0 aliphatic carbocycles. The highest BCUT2D eigenvalue weighted by Gasteiger charge is 2.30. The molecule has 0 bridgehead atoms. The van der Waals surface area contributed by atoms with Crippen LogP contribution in [-0.2, 0) is 19.3 Å². The van der Waals surface area contributed by atoms with Crippen LogP contribution in [0.15, 0.2) is 48.5 Å². The lowest BCUT2D eigenvalue weighted by molar-refractivity contribution is -0.137. The van der Waals surface area contributed by atoms with Gasteiger partial charge in [-0.25, -0.2) is 4.79 Å². The quantitative estimate of drug-likeness (QED) is 0.592. The van der Waals surface area contributed by atoms with Gasteiger partial charge in [-0.2, -0.15) is 13.2 Å². The third kappa shape index (κ3) is 6.47. The lowest BCUT2D eigenvalue weighted by Crippen LogP contribution is -2.36. The highest BCUT2D eigenvalue weighted by atomic mass is 19.4. The minimum atomic E-state index is -4.47. The Bertz CT molecular complexity index is 890. The van der Waals surface area contributed by atoms with Gasteiger partial charge in [0.1, 0.15) is 0 Å². The molecule has 0 unspecified atom stereocenters. The van der Waals surface area contributed by atoms with E-state index in [1.165, 1.54) is 23.3 Å². The molecule has 0 radical (unpaired) electrons. The summed E-state index contributed by atoms with van der Waals surface area (Å²) in [6, 6.07) is 12.4. The number of benzene rings is 2. The maximum atomic E-state index is 12.7. The van der Waals surface area contributed by atoms with Gasteiger partial charge in [0.05, 0.1) is 5.56 Å². The van der Waals surface area contributed by atoms with Gasteiger partial charge < -0.3 is 15.5 Å². The molecule has 1 aliphatic rings. The van der Waals surface area contributed by atoms with Crippen molar-refractivity contribution >= 4 is 11.9 Å². The van der Waals surface area contributed by atoms with Gasteiger partial charge in [-0.15, -0.1) is 0 Å². The Kier molecular flexibility index (Phi) is 7.55. The number of amides is 3. The Balaban J connectivity index is 1.25. The molecule has 5 nitrogen and oxygen atoms in total. The first kappa shape index (κ1) is 22.7. The van der Waals surface area contributed by atoms with E-state index in [0.717, 1.165) is 37.8 Å². The highest BCUT2D eigenvalue weighted by Crippen LogP contribution is 2.29. The molecule has 166 valence electrons. The number of rotatable bonds is 8. The summed E-state index contributed by atoms with van der Waals surface area (Å²) in [6.07, 6.45) is -1.17. The van der Waals surface area contributed by atoms with Crippen LogP contribution in [0.3, 0.4) is 0 Å². The molecule has 2 aromatic rings. The van der Waals surface area contributed by atoms with Crippen LogP contribution < -0.4 is 10.6 Å². The molecule has 2 N–H and O–H groups in total. The Morgan fingerprint density at radius 1 is 0.839 bits per heavy atom. The monoisotopic (exact) mass is 433 g/mol. The van der Waals surface area contributed by atoms with E-state index in [9.17, 15) is 22.8 Å². The average molecular weight is 433 g/mol. The van der Waals surface area contributed by atoms with E-state index in [0.29, 0.717) is 26.2 Å². The molecule has 0 saturated carbocycles. The lowest BCUT2D eigenvalue weighted by Gasteiger charge is -2.16. The number of nitrogens with one attached hydrogen (secondary N) is 2. The molecule has 8 heteroatoms. The standard InChI is InChI=1S/C23H26F3N3O2/c24-23(25,26)20-11-7-10-17(14-20)21(30)27-12-5-1-2-6-13-28-22(31)29-15-18-8-3-4-9-19(18)16-29/h3-4,7-11,14H,1-2,5-6,12-13,15-16H2,(H,27,30)(H,28,31). The second-order valence-corrected chi connectivity index (χ2v) is 7.61. The van der Waals surface area contributed by atoms with Gasteiger partial charge in [-0.3, -0.25) is 4.79 Å². The third-order valence-corrected chi connectivity index (χ3v) is 5.25. The second kappa shape index (κ2) is 10.3. The fraction of sp³-hybridized carbons (Fsp3) is 0.391. The van der Waals surface area contributed by atoms with Crippen LogP contribution in [0.1, 0.15) is 52.7 Å². The molecular weight excluding hydrogens is 407 g/mol. The minimum absolute atomic E-state index is 0.00148. The molecule has 1 heterocycles. The van der Waals surface area contributed by atoms with Crippen molar-refractivity contribution in [1.29, 1.82) is 0 Å². The zero-order valence-electron chi connectivity index (χ0n) is 17.2. The number of unbranched alkanes of at least 4 members (excludes halogenated alkanes) is 3. The number of carbonyl (C=O) groups is 2. The summed E-state index contributed by atoms with van der Waals surface area (Å²) in [4.78, 5) is 26.0. The van der Waals surface area contributed by atoms with Gasteiger partial charge in [-0.05, 0) is 42.2 Å². The van der Waals surface area contributed by atoms with Gasteiger partial charge in [0.2, 0.25) is 0 Å². The van der Waals surface area contributed by atoms with Crippen molar-refractivity contribution in [3.63, 3.8) is 0 Å². The van der Waals surface area contributed by atoms with Crippen LogP contribution in [0.2, 0.25) is 0 Å². The van der Waals surface area contributed by atoms with Gasteiger partial charge in [-0.1, -0.05) is 43.2 Å². The fourth-order valence-electron chi connectivity index (χ4n) is 3.53. The Morgan fingerprint density at radius 2 is 1.45 bits per heavy atom. The van der Waals surface area contributed by atoms with Crippen LogP contribution in [0.5, 0.6) is 0 Å². The van der Waals surface area contributed by atoms with E-state index in [1.807, 2.05) is 24.3 Å². The first-order valence-corrected chi connectivity index (χ1v) is 10.4. The number of carbonyl (C=O) groups excluding carboxylic acids is 2. The fourth-order valence-corrected chi connectivity index (χ4v) is 3.53. The number of fused-ring (bicyclic) bond motifs is 1. The Labute approximate surface area is 179 Å². The SMILES string of the molecule is O=C(NCCCCCCNC(=O)N1Cc2ccccc2C1)c1cccc(C(F)(F)F)c1. The molecule has 0 fully saturated rings. The molecule has 2 aromatic carbocycles. The molecule has 0 aromatic heterocycles. The average Bonchev–Trinajstić information content (AvgIpc) is 3.19.